The predicted molar refractivity (Wildman–Crippen MR) is 84.0 cm³/mol. The molecule has 0 saturated carbocycles. The van der Waals surface area contributed by atoms with Crippen LogP contribution >= 0.6 is 11.5 Å². The molecule has 2 aromatic heterocycles. The van der Waals surface area contributed by atoms with E-state index in [9.17, 15) is 4.79 Å². The fourth-order valence-electron chi connectivity index (χ4n) is 2.15. The lowest BCUT2D eigenvalue weighted by atomic mass is 10.1. The van der Waals surface area contributed by atoms with E-state index in [1.165, 1.54) is 15.5 Å². The number of rotatable bonds is 2. The second kappa shape index (κ2) is 5.04. The minimum atomic E-state index is -0.279. The summed E-state index contributed by atoms with van der Waals surface area (Å²) in [5.74, 6) is 0. The number of pyridine rings is 1. The van der Waals surface area contributed by atoms with Gasteiger partial charge in [0.15, 0.2) is 5.56 Å². The van der Waals surface area contributed by atoms with Crippen LogP contribution in [0.1, 0.15) is 11.3 Å². The van der Waals surface area contributed by atoms with E-state index >= 15 is 0 Å². The summed E-state index contributed by atoms with van der Waals surface area (Å²) in [6.45, 7) is 1.94. The van der Waals surface area contributed by atoms with Crippen molar-refractivity contribution < 1.29 is 0 Å². The van der Waals surface area contributed by atoms with Gasteiger partial charge in [-0.2, -0.15) is 5.26 Å². The highest BCUT2D eigenvalue weighted by molar-refractivity contribution is 7.11. The first-order valence-corrected chi connectivity index (χ1v) is 7.11. The van der Waals surface area contributed by atoms with E-state index < -0.39 is 0 Å². The van der Waals surface area contributed by atoms with Crippen LogP contribution in [0.5, 0.6) is 0 Å². The summed E-state index contributed by atoms with van der Waals surface area (Å²) in [5, 5.41) is 13.8. The third kappa shape index (κ3) is 2.28. The van der Waals surface area contributed by atoms with E-state index in [1.54, 1.807) is 7.05 Å². The molecule has 0 spiro atoms. The number of hydrogen-bond acceptors (Lipinski definition) is 5. The van der Waals surface area contributed by atoms with Gasteiger partial charge in [0, 0.05) is 23.8 Å². The molecular weight excluding hydrogens is 284 g/mol. The molecule has 0 amide bonds. The Morgan fingerprint density at radius 3 is 2.90 bits per heavy atom. The molecule has 104 valence electrons. The summed E-state index contributed by atoms with van der Waals surface area (Å²) in [6, 6.07) is 11.6. The van der Waals surface area contributed by atoms with Gasteiger partial charge >= 0.3 is 0 Å². The molecule has 1 N–H and O–H groups in total. The Balaban J connectivity index is 2.13. The maximum absolute atomic E-state index is 11.8. The molecule has 0 fully saturated rings. The fraction of sp³-hybridized carbons (Fsp3) is 0.133. The molecule has 5 nitrogen and oxygen atoms in total. The lowest BCUT2D eigenvalue weighted by Gasteiger charge is -2.08. The number of aryl methyl sites for hydroxylation is 2. The Morgan fingerprint density at radius 1 is 1.33 bits per heavy atom. The van der Waals surface area contributed by atoms with Crippen molar-refractivity contribution in [1.29, 1.82) is 5.26 Å². The number of benzene rings is 1. The number of nitrogens with zero attached hydrogens (tertiary/aromatic N) is 3. The molecule has 0 radical (unpaired) electrons. The molecule has 0 aliphatic heterocycles. The first-order chi connectivity index (χ1) is 10.1. The van der Waals surface area contributed by atoms with Crippen molar-refractivity contribution in [3.8, 4) is 6.07 Å². The van der Waals surface area contributed by atoms with E-state index in [4.69, 9.17) is 5.26 Å². The van der Waals surface area contributed by atoms with Gasteiger partial charge in [-0.3, -0.25) is 13.7 Å². The predicted octanol–water partition coefficient (Wildman–Crippen LogP) is 2.92. The number of aromatic nitrogens is 2. The molecule has 3 rings (SSSR count). The van der Waals surface area contributed by atoms with Gasteiger partial charge < -0.3 is 5.32 Å². The molecule has 0 aliphatic carbocycles. The summed E-state index contributed by atoms with van der Waals surface area (Å²) in [4.78, 5) is 16.3. The standard InChI is InChI=1S/C15H12N4OS/c1-9-6-7-10-12(17-9)4-3-5-13(10)18-14-11(8-16)15(20)19(2)21-14/h3-7,18H,1-2H3. The summed E-state index contributed by atoms with van der Waals surface area (Å²) in [5.41, 5.74) is 2.51. The van der Waals surface area contributed by atoms with Crippen LogP contribution in [0, 0.1) is 18.3 Å². The second-order valence-corrected chi connectivity index (χ2v) is 5.80. The maximum Gasteiger partial charge on any atom is 0.280 e. The molecule has 0 aliphatic rings. The smallest absolute Gasteiger partial charge is 0.280 e. The molecule has 0 atom stereocenters. The molecule has 1 aromatic carbocycles. The summed E-state index contributed by atoms with van der Waals surface area (Å²) < 4.78 is 1.44. The van der Waals surface area contributed by atoms with Crippen LogP contribution < -0.4 is 10.9 Å². The van der Waals surface area contributed by atoms with Gasteiger partial charge in [-0.15, -0.1) is 0 Å². The zero-order chi connectivity index (χ0) is 15.0. The fourth-order valence-corrected chi connectivity index (χ4v) is 2.98. The average molecular weight is 296 g/mol. The van der Waals surface area contributed by atoms with Crippen LogP contribution in [-0.2, 0) is 7.05 Å². The van der Waals surface area contributed by atoms with Gasteiger partial charge in [-0.25, -0.2) is 0 Å². The van der Waals surface area contributed by atoms with Crippen LogP contribution in [0.15, 0.2) is 35.1 Å². The number of anilines is 2. The van der Waals surface area contributed by atoms with Crippen molar-refractivity contribution in [2.24, 2.45) is 7.05 Å². The van der Waals surface area contributed by atoms with E-state index in [0.717, 1.165) is 22.3 Å². The molecule has 0 bridgehead atoms. The Labute approximate surface area is 125 Å². The number of nitriles is 1. The van der Waals surface area contributed by atoms with E-state index in [0.29, 0.717) is 5.00 Å². The van der Waals surface area contributed by atoms with Crippen LogP contribution in [-0.4, -0.2) is 8.94 Å². The minimum absolute atomic E-state index is 0.138. The van der Waals surface area contributed by atoms with Crippen molar-refractivity contribution in [1.82, 2.24) is 8.94 Å². The Morgan fingerprint density at radius 2 is 2.14 bits per heavy atom. The van der Waals surface area contributed by atoms with Crippen LogP contribution in [0.3, 0.4) is 0 Å². The number of nitrogens with one attached hydrogen (secondary N) is 1. The molecule has 0 unspecified atom stereocenters. The van der Waals surface area contributed by atoms with Gasteiger partial charge in [0.05, 0.1) is 5.52 Å². The van der Waals surface area contributed by atoms with Crippen molar-refractivity contribution in [2.45, 2.75) is 6.92 Å². The zero-order valence-corrected chi connectivity index (χ0v) is 12.4. The zero-order valence-electron chi connectivity index (χ0n) is 11.5. The summed E-state index contributed by atoms with van der Waals surface area (Å²) in [7, 11) is 1.65. The lowest BCUT2D eigenvalue weighted by Crippen LogP contribution is -2.11. The van der Waals surface area contributed by atoms with E-state index in [1.807, 2.05) is 43.3 Å². The highest BCUT2D eigenvalue weighted by atomic mass is 32.1. The van der Waals surface area contributed by atoms with Crippen molar-refractivity contribution in [2.75, 3.05) is 5.32 Å². The van der Waals surface area contributed by atoms with E-state index in [-0.39, 0.29) is 11.1 Å². The van der Waals surface area contributed by atoms with Crippen LogP contribution in [0.4, 0.5) is 10.7 Å². The van der Waals surface area contributed by atoms with Gasteiger partial charge in [0.1, 0.15) is 11.1 Å². The van der Waals surface area contributed by atoms with Crippen LogP contribution in [0.25, 0.3) is 10.9 Å². The second-order valence-electron chi connectivity index (χ2n) is 4.66. The summed E-state index contributed by atoms with van der Waals surface area (Å²) >= 11 is 1.22. The molecule has 6 heteroatoms. The normalized spacial score (nSPS) is 10.5. The highest BCUT2D eigenvalue weighted by Gasteiger charge is 2.14. The third-order valence-corrected chi connectivity index (χ3v) is 4.11. The molecule has 21 heavy (non-hydrogen) atoms. The minimum Gasteiger partial charge on any atom is -0.344 e. The quantitative estimate of drug-likeness (QED) is 0.789. The van der Waals surface area contributed by atoms with Gasteiger partial charge in [0.2, 0.25) is 0 Å². The molecule has 0 saturated heterocycles. The van der Waals surface area contributed by atoms with Crippen LogP contribution in [0.2, 0.25) is 0 Å². The Hall–Kier alpha value is -2.65. The topological polar surface area (TPSA) is 70.7 Å². The number of fused-ring (bicyclic) bond motifs is 1. The average Bonchev–Trinajstić information content (AvgIpc) is 2.73. The van der Waals surface area contributed by atoms with Gasteiger partial charge in [0.25, 0.3) is 5.56 Å². The van der Waals surface area contributed by atoms with E-state index in [2.05, 4.69) is 10.3 Å². The van der Waals surface area contributed by atoms with Crippen molar-refractivity contribution in [3.05, 3.63) is 51.9 Å². The van der Waals surface area contributed by atoms with Gasteiger partial charge in [-0.05, 0) is 42.7 Å². The molecular formula is C15H12N4OS. The largest absolute Gasteiger partial charge is 0.344 e. The Kier molecular flexibility index (Phi) is 3.20. The molecule has 2 heterocycles. The van der Waals surface area contributed by atoms with Gasteiger partial charge in [-0.1, -0.05) is 6.07 Å². The van der Waals surface area contributed by atoms with Crippen molar-refractivity contribution in [3.63, 3.8) is 0 Å². The monoisotopic (exact) mass is 296 g/mol. The SMILES string of the molecule is Cc1ccc2c(Nc3sn(C)c(=O)c3C#N)cccc2n1. The molecule has 3 aromatic rings. The number of hydrogen-bond donors (Lipinski definition) is 1. The first kappa shape index (κ1) is 13.3. The highest BCUT2D eigenvalue weighted by Crippen LogP contribution is 2.28. The maximum atomic E-state index is 11.8. The first-order valence-electron chi connectivity index (χ1n) is 6.34. The van der Waals surface area contributed by atoms with Crippen molar-refractivity contribution >= 4 is 33.1 Å². The summed E-state index contributed by atoms with van der Waals surface area (Å²) in [6.07, 6.45) is 0. The Bertz CT molecular complexity index is 933. The lowest BCUT2D eigenvalue weighted by molar-refractivity contribution is 0.976. The third-order valence-electron chi connectivity index (χ3n) is 3.19.